The van der Waals surface area contributed by atoms with Crippen LogP contribution in [-0.2, 0) is 17.8 Å². The molecule has 7 heteroatoms. The Labute approximate surface area is 166 Å². The largest absolute Gasteiger partial charge is 0.416 e. The molecule has 142 valence electrons. The van der Waals surface area contributed by atoms with E-state index in [1.165, 1.54) is 23.1 Å². The first-order chi connectivity index (χ1) is 12.5. The lowest BCUT2D eigenvalue weighted by Crippen LogP contribution is -2.35. The van der Waals surface area contributed by atoms with Gasteiger partial charge in [0.2, 0.25) is 0 Å². The maximum Gasteiger partial charge on any atom is 0.308 e. The van der Waals surface area contributed by atoms with E-state index in [1.807, 2.05) is 6.07 Å². The Balaban J connectivity index is 0.00000180. The molecule has 1 aliphatic heterocycles. The van der Waals surface area contributed by atoms with Crippen LogP contribution in [0.15, 0.2) is 23.0 Å². The van der Waals surface area contributed by atoms with Crippen LogP contribution in [0.3, 0.4) is 0 Å². The number of rotatable bonds is 4. The molecule has 1 fully saturated rings. The third-order valence-corrected chi connectivity index (χ3v) is 6.59. The van der Waals surface area contributed by atoms with E-state index in [-0.39, 0.29) is 35.7 Å². The summed E-state index contributed by atoms with van der Waals surface area (Å²) in [5.74, 6) is -0.181. The zero-order chi connectivity index (χ0) is 18.0. The number of halogens is 2. The van der Waals surface area contributed by atoms with Gasteiger partial charge >= 0.3 is 5.97 Å². The molecule has 0 spiro atoms. The topological polar surface area (TPSA) is 46.6 Å². The first kappa shape index (κ1) is 18.6. The molecule has 1 atom stereocenters. The van der Waals surface area contributed by atoms with Crippen molar-refractivity contribution in [3.63, 3.8) is 0 Å². The molecular weight excluding hydrogens is 389 g/mol. The van der Waals surface area contributed by atoms with E-state index >= 15 is 0 Å². The van der Waals surface area contributed by atoms with Crippen molar-refractivity contribution >= 4 is 40.5 Å². The summed E-state index contributed by atoms with van der Waals surface area (Å²) in [6.45, 7) is 2.97. The van der Waals surface area contributed by atoms with E-state index in [4.69, 9.17) is 4.74 Å². The number of fused-ring (bicyclic) bond motifs is 2. The van der Waals surface area contributed by atoms with Crippen LogP contribution in [0.2, 0.25) is 0 Å². The third kappa shape index (κ3) is 3.20. The maximum atomic E-state index is 14.8. The van der Waals surface area contributed by atoms with Crippen LogP contribution in [0.5, 0.6) is 5.06 Å². The molecule has 0 N–H and O–H groups in total. The summed E-state index contributed by atoms with van der Waals surface area (Å²) in [5.41, 5.74) is 1.68. The smallest absolute Gasteiger partial charge is 0.308 e. The standard InChI is InChI=1S/C20H18FNO3S.ClH/c1-10(23)25-16-8-12-9-22(7-6-15(12)26-16)19(11-2-3-11)14-5-4-13-17(18(14)21)20(13)24;/h4-5,8,11,19H,2-3,6-7,9H2,1H3;1H. The molecule has 5 rings (SSSR count). The summed E-state index contributed by atoms with van der Waals surface area (Å²) in [4.78, 5) is 26.4. The fourth-order valence-electron chi connectivity index (χ4n) is 4.10. The van der Waals surface area contributed by atoms with E-state index in [2.05, 4.69) is 4.90 Å². The summed E-state index contributed by atoms with van der Waals surface area (Å²) in [5, 5.41) is 1.46. The second-order valence-corrected chi connectivity index (χ2v) is 8.43. The second-order valence-electron chi connectivity index (χ2n) is 7.33. The zero-order valence-electron chi connectivity index (χ0n) is 14.8. The summed E-state index contributed by atoms with van der Waals surface area (Å²) in [6.07, 6.45) is 3.07. The fraction of sp³-hybridized carbons (Fsp3) is 0.400. The highest BCUT2D eigenvalue weighted by molar-refractivity contribution is 7.14. The van der Waals surface area contributed by atoms with Gasteiger partial charge in [0.25, 0.3) is 0 Å². The van der Waals surface area contributed by atoms with Crippen molar-refractivity contribution in [2.75, 3.05) is 6.54 Å². The second kappa shape index (κ2) is 6.69. The number of esters is 1. The number of carbonyl (C=O) groups excluding carboxylic acids is 1. The van der Waals surface area contributed by atoms with Crippen LogP contribution >= 0.6 is 23.7 Å². The van der Waals surface area contributed by atoms with Gasteiger partial charge in [0.15, 0.2) is 10.5 Å². The Morgan fingerprint density at radius 2 is 2.15 bits per heavy atom. The number of hydrogen-bond acceptors (Lipinski definition) is 5. The number of benzene rings is 1. The normalized spacial score (nSPS) is 18.3. The summed E-state index contributed by atoms with van der Waals surface area (Å²) in [7, 11) is 0. The van der Waals surface area contributed by atoms with Crippen molar-refractivity contribution in [2.45, 2.75) is 38.8 Å². The average Bonchev–Trinajstić information content (AvgIpc) is 3.49. The summed E-state index contributed by atoms with van der Waals surface area (Å²) >= 11 is 1.52. The molecule has 0 radical (unpaired) electrons. The van der Waals surface area contributed by atoms with Gasteiger partial charge in [0.05, 0.1) is 5.39 Å². The van der Waals surface area contributed by atoms with Crippen molar-refractivity contribution in [2.24, 2.45) is 5.92 Å². The number of ether oxygens (including phenoxy) is 1. The van der Waals surface area contributed by atoms with Crippen molar-refractivity contribution < 1.29 is 13.9 Å². The third-order valence-electron chi connectivity index (χ3n) is 5.48. The van der Waals surface area contributed by atoms with E-state index in [0.29, 0.717) is 27.3 Å². The summed E-state index contributed by atoms with van der Waals surface area (Å²) < 4.78 is 20.1. The van der Waals surface area contributed by atoms with Gasteiger partial charge in [-0.25, -0.2) is 4.39 Å². The molecule has 2 aliphatic rings. The Morgan fingerprint density at radius 1 is 1.37 bits per heavy atom. The van der Waals surface area contributed by atoms with E-state index < -0.39 is 0 Å². The summed E-state index contributed by atoms with van der Waals surface area (Å²) in [6, 6.07) is 5.52. The minimum absolute atomic E-state index is 0. The fourth-order valence-corrected chi connectivity index (χ4v) is 5.15. The monoisotopic (exact) mass is 407 g/mol. The maximum absolute atomic E-state index is 14.8. The Hall–Kier alpha value is -1.76. The van der Waals surface area contributed by atoms with Gasteiger partial charge in [-0.3, -0.25) is 14.5 Å². The van der Waals surface area contributed by atoms with Gasteiger partial charge in [0, 0.05) is 41.9 Å². The predicted molar refractivity (Wildman–Crippen MR) is 105 cm³/mol. The Kier molecular flexibility index (Phi) is 4.61. The van der Waals surface area contributed by atoms with Crippen LogP contribution in [0.4, 0.5) is 4.39 Å². The molecule has 0 saturated heterocycles. The first-order valence-electron chi connectivity index (χ1n) is 8.94. The van der Waals surface area contributed by atoms with Crippen molar-refractivity contribution in [3.05, 3.63) is 50.2 Å². The van der Waals surface area contributed by atoms with Crippen molar-refractivity contribution in [1.82, 2.24) is 4.90 Å². The molecule has 0 bridgehead atoms. The highest BCUT2D eigenvalue weighted by Crippen LogP contribution is 2.48. The Bertz CT molecular complexity index is 1050. The minimum atomic E-state index is -0.318. The molecule has 1 unspecified atom stereocenters. The molecule has 1 aliphatic carbocycles. The highest BCUT2D eigenvalue weighted by atomic mass is 35.5. The van der Waals surface area contributed by atoms with Crippen molar-refractivity contribution in [1.29, 1.82) is 0 Å². The molecule has 1 aromatic heterocycles. The predicted octanol–water partition coefficient (Wildman–Crippen LogP) is 4.13. The molecule has 2 aromatic carbocycles. The molecule has 3 aromatic rings. The lowest BCUT2D eigenvalue weighted by molar-refractivity contribution is -0.131. The molecule has 1 saturated carbocycles. The van der Waals surface area contributed by atoms with Gasteiger partial charge in [-0.1, -0.05) is 6.07 Å². The molecule has 4 nitrogen and oxygen atoms in total. The average molecular weight is 408 g/mol. The van der Waals surface area contributed by atoms with Gasteiger partial charge in [-0.15, -0.1) is 23.7 Å². The van der Waals surface area contributed by atoms with Crippen LogP contribution in [0.1, 0.15) is 41.8 Å². The van der Waals surface area contributed by atoms with Crippen LogP contribution < -0.4 is 10.2 Å². The van der Waals surface area contributed by atoms with Crippen LogP contribution in [0.25, 0.3) is 10.8 Å². The van der Waals surface area contributed by atoms with Gasteiger partial charge in [-0.2, -0.15) is 0 Å². The number of carbonyl (C=O) groups is 1. The molecule has 0 amide bonds. The molecule has 27 heavy (non-hydrogen) atoms. The minimum Gasteiger partial charge on any atom is -0.416 e. The van der Waals surface area contributed by atoms with Gasteiger partial charge < -0.3 is 4.74 Å². The van der Waals surface area contributed by atoms with E-state index in [0.717, 1.165) is 37.9 Å². The number of thiophene rings is 1. The SMILES string of the molecule is CC(=O)Oc1cc2c(s1)CCN(C(c1ccc3c(=O)c3c1F)C1CC1)C2.Cl. The van der Waals surface area contributed by atoms with E-state index in [9.17, 15) is 14.0 Å². The molecule has 2 heterocycles. The lowest BCUT2D eigenvalue weighted by Gasteiger charge is -2.35. The van der Waals surface area contributed by atoms with Gasteiger partial charge in [-0.05, 0) is 42.9 Å². The number of nitrogens with zero attached hydrogens (tertiary/aromatic N) is 1. The van der Waals surface area contributed by atoms with Crippen molar-refractivity contribution in [3.8, 4) is 5.06 Å². The zero-order valence-corrected chi connectivity index (χ0v) is 16.4. The quantitative estimate of drug-likeness (QED) is 0.610. The number of hydrogen-bond donors (Lipinski definition) is 0. The molecular formula is C20H19ClFNO3S. The highest BCUT2D eigenvalue weighted by Gasteiger charge is 2.40. The Morgan fingerprint density at radius 3 is 2.85 bits per heavy atom. The first-order valence-corrected chi connectivity index (χ1v) is 9.75. The van der Waals surface area contributed by atoms with E-state index in [1.54, 1.807) is 12.1 Å². The van der Waals surface area contributed by atoms with Crippen LogP contribution in [0, 0.1) is 11.7 Å². The van der Waals surface area contributed by atoms with Crippen LogP contribution in [-0.4, -0.2) is 17.4 Å². The van der Waals surface area contributed by atoms with Gasteiger partial charge in [0.1, 0.15) is 5.82 Å². The lowest BCUT2D eigenvalue weighted by atomic mass is 9.97.